The molecule has 2 aliphatic rings. The predicted molar refractivity (Wildman–Crippen MR) is 57.1 cm³/mol. The van der Waals surface area contributed by atoms with Crippen molar-refractivity contribution in [2.75, 3.05) is 6.54 Å². The lowest BCUT2D eigenvalue weighted by Gasteiger charge is -2.34. The molecule has 94 valence electrons. The van der Waals surface area contributed by atoms with Gasteiger partial charge in [0.05, 0.1) is 5.92 Å². The van der Waals surface area contributed by atoms with Crippen molar-refractivity contribution in [2.45, 2.75) is 57.7 Å². The molecule has 2 saturated carbocycles. The number of alkyl halides is 3. The third-order valence-electron chi connectivity index (χ3n) is 4.08. The Hall–Kier alpha value is -0.250. The molecule has 0 amide bonds. The molecule has 1 N–H and O–H groups in total. The number of nitrogens with one attached hydrogen (secondary N) is 1. The van der Waals surface area contributed by atoms with Gasteiger partial charge >= 0.3 is 6.18 Å². The lowest BCUT2D eigenvalue weighted by Crippen LogP contribution is -2.46. The van der Waals surface area contributed by atoms with Gasteiger partial charge in [-0.15, -0.1) is 0 Å². The summed E-state index contributed by atoms with van der Waals surface area (Å²) >= 11 is 0. The average molecular weight is 235 g/mol. The van der Waals surface area contributed by atoms with Crippen molar-refractivity contribution >= 4 is 0 Å². The van der Waals surface area contributed by atoms with Gasteiger partial charge in [0, 0.05) is 12.6 Å². The molecule has 2 unspecified atom stereocenters. The molecule has 2 fully saturated rings. The van der Waals surface area contributed by atoms with Gasteiger partial charge in [-0.3, -0.25) is 0 Å². The number of rotatable bonds is 3. The summed E-state index contributed by atoms with van der Waals surface area (Å²) in [5, 5.41) is 3.16. The summed E-state index contributed by atoms with van der Waals surface area (Å²) < 4.78 is 38.4. The fourth-order valence-corrected chi connectivity index (χ4v) is 2.53. The Morgan fingerprint density at radius 1 is 1.19 bits per heavy atom. The Morgan fingerprint density at radius 2 is 1.81 bits per heavy atom. The maximum absolute atomic E-state index is 12.8. The largest absolute Gasteiger partial charge is 0.393 e. The molecule has 2 atom stereocenters. The van der Waals surface area contributed by atoms with Crippen molar-refractivity contribution in [1.82, 2.24) is 5.32 Å². The number of hydrogen-bond donors (Lipinski definition) is 1. The zero-order valence-corrected chi connectivity index (χ0v) is 9.74. The molecular weight excluding hydrogens is 215 g/mol. The zero-order chi connectivity index (χ0) is 11.8. The molecule has 16 heavy (non-hydrogen) atoms. The van der Waals surface area contributed by atoms with Crippen molar-refractivity contribution in [3.05, 3.63) is 0 Å². The maximum Gasteiger partial charge on any atom is 0.393 e. The van der Waals surface area contributed by atoms with E-state index in [9.17, 15) is 13.2 Å². The first-order chi connectivity index (χ1) is 7.41. The highest BCUT2D eigenvalue weighted by molar-refractivity contribution is 4.93. The average Bonchev–Trinajstić information content (AvgIpc) is 2.94. The minimum absolute atomic E-state index is 0.285. The summed E-state index contributed by atoms with van der Waals surface area (Å²) in [6.07, 6.45) is 0.925. The highest BCUT2D eigenvalue weighted by Gasteiger charge is 2.46. The van der Waals surface area contributed by atoms with Gasteiger partial charge in [0.1, 0.15) is 0 Å². The Bertz CT molecular complexity index is 245. The molecule has 0 radical (unpaired) electrons. The lowest BCUT2D eigenvalue weighted by molar-refractivity contribution is -0.189. The standard InChI is InChI=1S/C12H20F3N/c1-11(6-7-11)8-16-10-5-3-2-4-9(10)12(13,14)15/h9-10,16H,2-8H2,1H3. The van der Waals surface area contributed by atoms with Crippen LogP contribution >= 0.6 is 0 Å². The van der Waals surface area contributed by atoms with Crippen molar-refractivity contribution in [2.24, 2.45) is 11.3 Å². The minimum Gasteiger partial charge on any atom is -0.313 e. The highest BCUT2D eigenvalue weighted by atomic mass is 19.4. The summed E-state index contributed by atoms with van der Waals surface area (Å²) in [4.78, 5) is 0. The molecule has 0 aromatic carbocycles. The highest BCUT2D eigenvalue weighted by Crippen LogP contribution is 2.45. The van der Waals surface area contributed by atoms with Gasteiger partial charge < -0.3 is 5.32 Å². The monoisotopic (exact) mass is 235 g/mol. The van der Waals surface area contributed by atoms with Crippen molar-refractivity contribution in [3.8, 4) is 0 Å². The fourth-order valence-electron chi connectivity index (χ4n) is 2.53. The van der Waals surface area contributed by atoms with E-state index in [0.29, 0.717) is 12.8 Å². The summed E-state index contributed by atoms with van der Waals surface area (Å²) in [5.74, 6) is -1.12. The third-order valence-corrected chi connectivity index (χ3v) is 4.08. The van der Waals surface area contributed by atoms with Gasteiger partial charge in [-0.25, -0.2) is 0 Å². The van der Waals surface area contributed by atoms with Crippen LogP contribution < -0.4 is 5.32 Å². The topological polar surface area (TPSA) is 12.0 Å². The Labute approximate surface area is 94.8 Å². The van der Waals surface area contributed by atoms with Crippen molar-refractivity contribution < 1.29 is 13.2 Å². The second-order valence-electron chi connectivity index (χ2n) is 5.73. The van der Waals surface area contributed by atoms with Crippen LogP contribution in [-0.4, -0.2) is 18.8 Å². The Kier molecular flexibility index (Phi) is 3.21. The van der Waals surface area contributed by atoms with Crippen LogP contribution in [-0.2, 0) is 0 Å². The second-order valence-corrected chi connectivity index (χ2v) is 5.73. The molecule has 0 aromatic heterocycles. The molecule has 0 saturated heterocycles. The van der Waals surface area contributed by atoms with E-state index in [-0.39, 0.29) is 11.5 Å². The molecule has 1 nitrogen and oxygen atoms in total. The summed E-state index contributed by atoms with van der Waals surface area (Å²) in [7, 11) is 0. The first kappa shape index (κ1) is 12.2. The maximum atomic E-state index is 12.8. The molecule has 4 heteroatoms. The third kappa shape index (κ3) is 2.90. The predicted octanol–water partition coefficient (Wildman–Crippen LogP) is 3.50. The van der Waals surface area contributed by atoms with Gasteiger partial charge in [-0.05, 0) is 31.1 Å². The Balaban J connectivity index is 1.88. The molecule has 0 spiro atoms. The van der Waals surface area contributed by atoms with Crippen molar-refractivity contribution in [1.29, 1.82) is 0 Å². The van der Waals surface area contributed by atoms with Crippen LogP contribution in [0.3, 0.4) is 0 Å². The van der Waals surface area contributed by atoms with E-state index < -0.39 is 12.1 Å². The van der Waals surface area contributed by atoms with Gasteiger partial charge in [-0.2, -0.15) is 13.2 Å². The number of hydrogen-bond acceptors (Lipinski definition) is 1. The van der Waals surface area contributed by atoms with Gasteiger partial charge in [0.15, 0.2) is 0 Å². The van der Waals surface area contributed by atoms with E-state index in [1.807, 2.05) is 0 Å². The van der Waals surface area contributed by atoms with Gasteiger partial charge in [-0.1, -0.05) is 19.8 Å². The molecule has 0 aliphatic heterocycles. The van der Waals surface area contributed by atoms with Crippen LogP contribution in [0.2, 0.25) is 0 Å². The molecule has 0 bridgehead atoms. The van der Waals surface area contributed by atoms with Crippen molar-refractivity contribution in [3.63, 3.8) is 0 Å². The quantitative estimate of drug-likeness (QED) is 0.789. The summed E-state index contributed by atoms with van der Waals surface area (Å²) in [6, 6.07) is -0.342. The lowest BCUT2D eigenvalue weighted by atomic mass is 9.83. The first-order valence-electron chi connectivity index (χ1n) is 6.21. The molecule has 2 aliphatic carbocycles. The molecule has 0 heterocycles. The van der Waals surface area contributed by atoms with Crippen LogP contribution in [0.5, 0.6) is 0 Å². The van der Waals surface area contributed by atoms with Crippen LogP contribution in [0.1, 0.15) is 45.4 Å². The van der Waals surface area contributed by atoms with E-state index in [1.165, 1.54) is 0 Å². The normalized spacial score (nSPS) is 33.8. The second kappa shape index (κ2) is 4.21. The van der Waals surface area contributed by atoms with Crippen LogP contribution in [0.4, 0.5) is 13.2 Å². The molecule has 0 aromatic rings. The summed E-state index contributed by atoms with van der Waals surface area (Å²) in [5.41, 5.74) is 0.285. The van der Waals surface area contributed by atoms with E-state index in [1.54, 1.807) is 0 Å². The smallest absolute Gasteiger partial charge is 0.313 e. The fraction of sp³-hybridized carbons (Fsp3) is 1.00. The van der Waals surface area contributed by atoms with Gasteiger partial charge in [0.2, 0.25) is 0 Å². The van der Waals surface area contributed by atoms with E-state index in [0.717, 1.165) is 32.2 Å². The van der Waals surface area contributed by atoms with Crippen LogP contribution in [0.25, 0.3) is 0 Å². The van der Waals surface area contributed by atoms with E-state index in [4.69, 9.17) is 0 Å². The van der Waals surface area contributed by atoms with Gasteiger partial charge in [0.25, 0.3) is 0 Å². The Morgan fingerprint density at radius 3 is 2.38 bits per heavy atom. The van der Waals surface area contributed by atoms with Crippen LogP contribution in [0.15, 0.2) is 0 Å². The zero-order valence-electron chi connectivity index (χ0n) is 9.74. The summed E-state index contributed by atoms with van der Waals surface area (Å²) in [6.45, 7) is 2.90. The van der Waals surface area contributed by atoms with E-state index >= 15 is 0 Å². The molecule has 2 rings (SSSR count). The number of halogens is 3. The minimum atomic E-state index is -4.03. The SMILES string of the molecule is CC1(CNC2CCCCC2C(F)(F)F)CC1. The first-order valence-corrected chi connectivity index (χ1v) is 6.21. The molecular formula is C12H20F3N. The van der Waals surface area contributed by atoms with Crippen LogP contribution in [0, 0.1) is 11.3 Å². The van der Waals surface area contributed by atoms with E-state index in [2.05, 4.69) is 12.2 Å².